The Bertz CT molecular complexity index is 309. The van der Waals surface area contributed by atoms with Crippen molar-refractivity contribution < 1.29 is 19.4 Å². The molecule has 0 N–H and O–H groups in total. The summed E-state index contributed by atoms with van der Waals surface area (Å²) in [4.78, 5) is 22.1. The second kappa shape index (κ2) is 5.07. The van der Waals surface area contributed by atoms with Gasteiger partial charge in [0, 0.05) is 18.8 Å². The molecule has 0 heterocycles. The number of rotatable bonds is 3. The summed E-state index contributed by atoms with van der Waals surface area (Å²) in [5.41, 5.74) is -0.397. The maximum atomic E-state index is 11.2. The standard InChI is InChI=1S/C13H22O4/c1-8-5-6-10(7-17-9(2)14)13(3,4)11(8)12(15)16/h8,10-11H,5-7H2,1-4H3,(H,15,16)/p-1. The van der Waals surface area contributed by atoms with Crippen LogP contribution in [0, 0.1) is 23.2 Å². The monoisotopic (exact) mass is 241 g/mol. The van der Waals surface area contributed by atoms with E-state index in [-0.39, 0.29) is 17.8 Å². The van der Waals surface area contributed by atoms with E-state index in [0.717, 1.165) is 12.8 Å². The molecule has 1 aliphatic carbocycles. The van der Waals surface area contributed by atoms with Crippen LogP contribution in [-0.2, 0) is 14.3 Å². The zero-order valence-electron chi connectivity index (χ0n) is 11.0. The smallest absolute Gasteiger partial charge is 0.302 e. The largest absolute Gasteiger partial charge is 0.550 e. The summed E-state index contributed by atoms with van der Waals surface area (Å²) >= 11 is 0. The van der Waals surface area contributed by atoms with Crippen molar-refractivity contribution in [3.63, 3.8) is 0 Å². The third-order valence-electron chi connectivity index (χ3n) is 4.13. The molecule has 0 aromatic rings. The maximum Gasteiger partial charge on any atom is 0.302 e. The molecular weight excluding hydrogens is 220 g/mol. The first-order chi connectivity index (χ1) is 7.76. The number of carboxylic acid groups (broad SMARTS) is 1. The lowest BCUT2D eigenvalue weighted by molar-refractivity contribution is -0.319. The first-order valence-electron chi connectivity index (χ1n) is 6.11. The minimum Gasteiger partial charge on any atom is -0.550 e. The molecule has 4 nitrogen and oxygen atoms in total. The SMILES string of the molecule is CC(=O)OCC1CCC(C)C(C(=O)[O-])C1(C)C. The number of hydrogen-bond acceptors (Lipinski definition) is 4. The quantitative estimate of drug-likeness (QED) is 0.691. The Balaban J connectivity index is 2.80. The van der Waals surface area contributed by atoms with Crippen LogP contribution in [0.15, 0.2) is 0 Å². The molecule has 3 atom stereocenters. The van der Waals surface area contributed by atoms with Gasteiger partial charge in [-0.1, -0.05) is 20.8 Å². The highest BCUT2D eigenvalue weighted by Gasteiger charge is 2.44. The number of aliphatic carboxylic acids is 1. The van der Waals surface area contributed by atoms with Crippen molar-refractivity contribution in [2.45, 2.75) is 40.5 Å². The molecule has 0 amide bonds. The van der Waals surface area contributed by atoms with Gasteiger partial charge in [0.1, 0.15) is 0 Å². The van der Waals surface area contributed by atoms with Gasteiger partial charge in [0.2, 0.25) is 0 Å². The Morgan fingerprint density at radius 2 is 1.94 bits per heavy atom. The van der Waals surface area contributed by atoms with Crippen molar-refractivity contribution in [1.29, 1.82) is 0 Å². The normalized spacial score (nSPS) is 31.9. The van der Waals surface area contributed by atoms with Gasteiger partial charge in [-0.15, -0.1) is 0 Å². The fourth-order valence-corrected chi connectivity index (χ4v) is 3.04. The third kappa shape index (κ3) is 2.99. The molecule has 0 aliphatic heterocycles. The van der Waals surface area contributed by atoms with Crippen LogP contribution in [0.3, 0.4) is 0 Å². The molecule has 0 bridgehead atoms. The highest BCUT2D eigenvalue weighted by Crippen LogP contribution is 2.47. The fraction of sp³-hybridized carbons (Fsp3) is 0.846. The summed E-state index contributed by atoms with van der Waals surface area (Å²) in [6, 6.07) is 0. The molecule has 0 aromatic carbocycles. The summed E-state index contributed by atoms with van der Waals surface area (Å²) < 4.78 is 5.03. The van der Waals surface area contributed by atoms with E-state index in [0.29, 0.717) is 6.61 Å². The van der Waals surface area contributed by atoms with E-state index in [1.54, 1.807) is 0 Å². The molecule has 0 radical (unpaired) electrons. The molecule has 98 valence electrons. The lowest BCUT2D eigenvalue weighted by atomic mass is 9.59. The molecular formula is C13H21O4-. The average molecular weight is 241 g/mol. The van der Waals surface area contributed by atoms with E-state index in [9.17, 15) is 14.7 Å². The second-order valence-electron chi connectivity index (χ2n) is 5.67. The van der Waals surface area contributed by atoms with E-state index in [2.05, 4.69) is 0 Å². The third-order valence-corrected chi connectivity index (χ3v) is 4.13. The van der Waals surface area contributed by atoms with Crippen LogP contribution >= 0.6 is 0 Å². The maximum absolute atomic E-state index is 11.2. The minimum absolute atomic E-state index is 0.0884. The number of hydrogen-bond donors (Lipinski definition) is 0. The van der Waals surface area contributed by atoms with E-state index in [1.165, 1.54) is 6.92 Å². The molecule has 0 spiro atoms. The number of carbonyl (C=O) groups excluding carboxylic acids is 2. The van der Waals surface area contributed by atoms with Crippen molar-refractivity contribution in [1.82, 2.24) is 0 Å². The fourth-order valence-electron chi connectivity index (χ4n) is 3.04. The van der Waals surface area contributed by atoms with Crippen LogP contribution in [0.2, 0.25) is 0 Å². The Morgan fingerprint density at radius 3 is 2.41 bits per heavy atom. The van der Waals surface area contributed by atoms with E-state index in [4.69, 9.17) is 4.74 Å². The molecule has 17 heavy (non-hydrogen) atoms. The number of carboxylic acids is 1. The molecule has 1 rings (SSSR count). The van der Waals surface area contributed by atoms with Gasteiger partial charge in [-0.3, -0.25) is 4.79 Å². The number of carbonyl (C=O) groups is 2. The average Bonchev–Trinajstić information content (AvgIpc) is 2.14. The Kier molecular flexibility index (Phi) is 4.17. The highest BCUT2D eigenvalue weighted by molar-refractivity contribution is 5.69. The van der Waals surface area contributed by atoms with Crippen LogP contribution in [0.4, 0.5) is 0 Å². The van der Waals surface area contributed by atoms with Crippen LogP contribution in [0.25, 0.3) is 0 Å². The molecule has 0 saturated heterocycles. The van der Waals surface area contributed by atoms with E-state index >= 15 is 0 Å². The van der Waals surface area contributed by atoms with Gasteiger partial charge in [-0.05, 0) is 30.1 Å². The second-order valence-corrected chi connectivity index (χ2v) is 5.67. The summed E-state index contributed by atoms with van der Waals surface area (Å²) in [7, 11) is 0. The van der Waals surface area contributed by atoms with E-state index in [1.807, 2.05) is 20.8 Å². The Labute approximate surface area is 102 Å². The predicted molar refractivity (Wildman–Crippen MR) is 60.8 cm³/mol. The van der Waals surface area contributed by atoms with Crippen LogP contribution < -0.4 is 5.11 Å². The van der Waals surface area contributed by atoms with Crippen LogP contribution in [0.1, 0.15) is 40.5 Å². The van der Waals surface area contributed by atoms with Gasteiger partial charge in [-0.2, -0.15) is 0 Å². The minimum atomic E-state index is -0.991. The summed E-state index contributed by atoms with van der Waals surface area (Å²) in [6.45, 7) is 7.48. The summed E-state index contributed by atoms with van der Waals surface area (Å²) in [5.74, 6) is -1.58. The van der Waals surface area contributed by atoms with Crippen molar-refractivity contribution >= 4 is 11.9 Å². The van der Waals surface area contributed by atoms with Crippen molar-refractivity contribution in [3.8, 4) is 0 Å². The van der Waals surface area contributed by atoms with Crippen molar-refractivity contribution in [2.24, 2.45) is 23.2 Å². The zero-order chi connectivity index (χ0) is 13.2. The Hall–Kier alpha value is -1.06. The van der Waals surface area contributed by atoms with Gasteiger partial charge in [0.05, 0.1) is 6.61 Å². The predicted octanol–water partition coefficient (Wildman–Crippen LogP) is 0.988. The Morgan fingerprint density at radius 1 is 1.35 bits per heavy atom. The lowest BCUT2D eigenvalue weighted by Gasteiger charge is -2.48. The van der Waals surface area contributed by atoms with Crippen molar-refractivity contribution in [3.05, 3.63) is 0 Å². The van der Waals surface area contributed by atoms with Crippen molar-refractivity contribution in [2.75, 3.05) is 6.61 Å². The molecule has 1 aliphatic rings. The topological polar surface area (TPSA) is 66.4 Å². The molecule has 1 fully saturated rings. The number of ether oxygens (including phenoxy) is 1. The highest BCUT2D eigenvalue weighted by atomic mass is 16.5. The molecule has 3 unspecified atom stereocenters. The first-order valence-corrected chi connectivity index (χ1v) is 6.11. The zero-order valence-corrected chi connectivity index (χ0v) is 11.0. The van der Waals surface area contributed by atoms with Gasteiger partial charge in [0.25, 0.3) is 0 Å². The molecule has 4 heteroatoms. The first kappa shape index (κ1) is 14.0. The lowest BCUT2D eigenvalue weighted by Crippen LogP contribution is -2.51. The molecule has 1 saturated carbocycles. The van der Waals surface area contributed by atoms with Gasteiger partial charge in [0.15, 0.2) is 0 Å². The van der Waals surface area contributed by atoms with Gasteiger partial charge in [-0.25, -0.2) is 0 Å². The summed E-state index contributed by atoms with van der Waals surface area (Å²) in [5, 5.41) is 11.2. The molecule has 0 aromatic heterocycles. The van der Waals surface area contributed by atoms with E-state index < -0.39 is 17.3 Å². The summed E-state index contributed by atoms with van der Waals surface area (Å²) in [6.07, 6.45) is 1.74. The van der Waals surface area contributed by atoms with Gasteiger partial charge < -0.3 is 14.6 Å². The van der Waals surface area contributed by atoms with Gasteiger partial charge >= 0.3 is 5.97 Å². The van der Waals surface area contributed by atoms with Crippen LogP contribution in [0.5, 0.6) is 0 Å². The number of esters is 1. The van der Waals surface area contributed by atoms with Crippen LogP contribution in [-0.4, -0.2) is 18.5 Å².